The third kappa shape index (κ3) is 6.21. The number of carboxylic acids is 1. The van der Waals surface area contributed by atoms with Crippen molar-refractivity contribution in [2.24, 2.45) is 11.8 Å². The van der Waals surface area contributed by atoms with Crippen molar-refractivity contribution in [2.75, 3.05) is 26.2 Å². The van der Waals surface area contributed by atoms with Crippen LogP contribution in [0.25, 0.3) is 0 Å². The Bertz CT molecular complexity index is 1230. The minimum Gasteiger partial charge on any atom is -0.493 e. The van der Waals surface area contributed by atoms with E-state index in [0.29, 0.717) is 41.3 Å². The van der Waals surface area contributed by atoms with E-state index < -0.39 is 23.7 Å². The Morgan fingerprint density at radius 3 is 2.31 bits per heavy atom. The van der Waals surface area contributed by atoms with Gasteiger partial charge in [0.05, 0.1) is 12.2 Å². The highest BCUT2D eigenvalue weighted by atomic mass is 35.5. The van der Waals surface area contributed by atoms with Gasteiger partial charge in [0.1, 0.15) is 17.6 Å². The molecular formula is C30H35Cl2FN2O4. The highest BCUT2D eigenvalue weighted by Crippen LogP contribution is 2.45. The summed E-state index contributed by atoms with van der Waals surface area (Å²) in [6.07, 6.45) is 4.45. The number of carboxylic acid groups (broad SMARTS) is 1. The van der Waals surface area contributed by atoms with Crippen LogP contribution in [0.2, 0.25) is 10.0 Å². The molecule has 2 aliphatic heterocycles. The summed E-state index contributed by atoms with van der Waals surface area (Å²) in [5.41, 5.74) is 1.88. The molecule has 1 amide bonds. The molecule has 1 N–H and O–H groups in total. The molecular weight excluding hydrogens is 542 g/mol. The van der Waals surface area contributed by atoms with Gasteiger partial charge in [-0.25, -0.2) is 9.18 Å². The van der Waals surface area contributed by atoms with Gasteiger partial charge in [0, 0.05) is 28.7 Å². The van der Waals surface area contributed by atoms with Crippen molar-refractivity contribution < 1.29 is 23.8 Å². The van der Waals surface area contributed by atoms with Crippen LogP contribution in [0, 0.1) is 17.7 Å². The number of hydrogen-bond donors (Lipinski definition) is 1. The van der Waals surface area contributed by atoms with Gasteiger partial charge in [-0.1, -0.05) is 30.1 Å². The fraction of sp³-hybridized carbons (Fsp3) is 0.533. The predicted octanol–water partition coefficient (Wildman–Crippen LogP) is 6.80. The second-order valence-corrected chi connectivity index (χ2v) is 12.2. The van der Waals surface area contributed by atoms with Gasteiger partial charge in [-0.15, -0.1) is 0 Å². The number of ether oxygens (including phenoxy) is 1. The van der Waals surface area contributed by atoms with Crippen LogP contribution in [0.15, 0.2) is 30.3 Å². The van der Waals surface area contributed by atoms with E-state index in [9.17, 15) is 14.7 Å². The van der Waals surface area contributed by atoms with Crippen LogP contribution in [0.5, 0.6) is 5.75 Å². The number of carbonyl (C=O) groups is 2. The molecule has 1 saturated carbocycles. The summed E-state index contributed by atoms with van der Waals surface area (Å²) in [6.45, 7) is 6.60. The molecule has 210 valence electrons. The maximum absolute atomic E-state index is 15.3. The number of likely N-dealkylation sites (tertiary alicyclic amines) is 2. The number of benzene rings is 2. The SMILES string of the molecule is CC(c1cc(Cl)cc(Cl)c1)N1CCC(COc2cc(F)c(C(=O)N3CC[C@H](C)[C@H]3C(=O)O)cc2C2CC2)CC1. The number of halogens is 3. The van der Waals surface area contributed by atoms with Gasteiger partial charge in [-0.05, 0) is 105 Å². The fourth-order valence-electron chi connectivity index (χ4n) is 6.02. The van der Waals surface area contributed by atoms with E-state index in [1.165, 1.54) is 11.0 Å². The van der Waals surface area contributed by atoms with Crippen LogP contribution in [-0.4, -0.2) is 59.1 Å². The predicted molar refractivity (Wildman–Crippen MR) is 149 cm³/mol. The lowest BCUT2D eigenvalue weighted by Gasteiger charge is -2.36. The lowest BCUT2D eigenvalue weighted by atomic mass is 9.95. The van der Waals surface area contributed by atoms with Gasteiger partial charge in [-0.3, -0.25) is 9.69 Å². The van der Waals surface area contributed by atoms with Gasteiger partial charge < -0.3 is 14.7 Å². The molecule has 1 aliphatic carbocycles. The van der Waals surface area contributed by atoms with Crippen molar-refractivity contribution in [2.45, 2.75) is 64.0 Å². The van der Waals surface area contributed by atoms with E-state index in [1.807, 2.05) is 19.1 Å². The Morgan fingerprint density at radius 1 is 1.03 bits per heavy atom. The molecule has 0 radical (unpaired) electrons. The van der Waals surface area contributed by atoms with Crippen molar-refractivity contribution >= 4 is 35.1 Å². The van der Waals surface area contributed by atoms with E-state index in [0.717, 1.165) is 49.9 Å². The molecule has 6 nitrogen and oxygen atoms in total. The van der Waals surface area contributed by atoms with Gasteiger partial charge in [0.25, 0.3) is 5.91 Å². The molecule has 39 heavy (non-hydrogen) atoms. The summed E-state index contributed by atoms with van der Waals surface area (Å²) in [4.78, 5) is 28.7. The lowest BCUT2D eigenvalue weighted by molar-refractivity contribution is -0.142. The van der Waals surface area contributed by atoms with Crippen molar-refractivity contribution in [3.63, 3.8) is 0 Å². The summed E-state index contributed by atoms with van der Waals surface area (Å²) < 4.78 is 21.5. The minimum atomic E-state index is -1.05. The number of carbonyl (C=O) groups excluding carboxylic acids is 1. The smallest absolute Gasteiger partial charge is 0.326 e. The number of nitrogens with zero attached hydrogens (tertiary/aromatic N) is 2. The van der Waals surface area contributed by atoms with Gasteiger partial charge in [-0.2, -0.15) is 0 Å². The zero-order valence-electron chi connectivity index (χ0n) is 22.3. The van der Waals surface area contributed by atoms with E-state index >= 15 is 4.39 Å². The molecule has 2 aromatic rings. The van der Waals surface area contributed by atoms with Crippen LogP contribution >= 0.6 is 23.2 Å². The van der Waals surface area contributed by atoms with Crippen LogP contribution in [-0.2, 0) is 4.79 Å². The molecule has 0 bridgehead atoms. The Labute approximate surface area is 239 Å². The second kappa shape index (κ2) is 11.6. The molecule has 0 aromatic heterocycles. The summed E-state index contributed by atoms with van der Waals surface area (Å²) in [5.74, 6) is -1.35. The number of amides is 1. The standard InChI is InChI=1S/C30H35Cl2FN2O4/c1-17-5-10-35(28(17)30(37)38)29(36)25-14-24(20-3-4-20)27(15-26(25)33)39-16-19-6-8-34(9-7-19)18(2)21-11-22(31)13-23(32)12-21/h11-15,17-20,28H,3-10,16H2,1-2H3,(H,37,38)/t17-,18?,28-/m0/s1. The molecule has 3 atom stereocenters. The normalized spacial score (nSPS) is 23.2. The maximum atomic E-state index is 15.3. The Balaban J connectivity index is 1.23. The monoisotopic (exact) mass is 576 g/mol. The van der Waals surface area contributed by atoms with Crippen molar-refractivity contribution in [1.29, 1.82) is 0 Å². The van der Waals surface area contributed by atoms with Gasteiger partial charge in [0.2, 0.25) is 0 Å². The first-order chi connectivity index (χ1) is 18.6. The third-order valence-corrected chi connectivity index (χ3v) is 9.04. The Kier molecular flexibility index (Phi) is 8.41. The number of aliphatic carboxylic acids is 1. The second-order valence-electron chi connectivity index (χ2n) is 11.4. The van der Waals surface area contributed by atoms with E-state index in [2.05, 4.69) is 11.8 Å². The first-order valence-electron chi connectivity index (χ1n) is 13.8. The van der Waals surface area contributed by atoms with Crippen LogP contribution in [0.1, 0.15) is 79.4 Å². The average Bonchev–Trinajstić information content (AvgIpc) is 3.66. The van der Waals surface area contributed by atoms with Gasteiger partial charge in [0.15, 0.2) is 0 Å². The molecule has 2 aromatic carbocycles. The van der Waals surface area contributed by atoms with Crippen molar-refractivity contribution in [3.05, 3.63) is 62.9 Å². The van der Waals surface area contributed by atoms with Gasteiger partial charge >= 0.3 is 5.97 Å². The number of piperidine rings is 1. The van der Waals surface area contributed by atoms with Crippen molar-refractivity contribution in [3.8, 4) is 5.75 Å². The molecule has 0 spiro atoms. The average molecular weight is 578 g/mol. The molecule has 9 heteroatoms. The van der Waals surface area contributed by atoms with Crippen LogP contribution in [0.4, 0.5) is 4.39 Å². The van der Waals surface area contributed by atoms with E-state index in [1.54, 1.807) is 12.1 Å². The first kappa shape index (κ1) is 28.2. The van der Waals surface area contributed by atoms with Crippen LogP contribution in [0.3, 0.4) is 0 Å². The zero-order chi connectivity index (χ0) is 27.8. The molecule has 3 fully saturated rings. The quantitative estimate of drug-likeness (QED) is 0.374. The summed E-state index contributed by atoms with van der Waals surface area (Å²) in [5, 5.41) is 10.9. The Hall–Kier alpha value is -2.35. The maximum Gasteiger partial charge on any atom is 0.326 e. The molecule has 3 aliphatic rings. The zero-order valence-corrected chi connectivity index (χ0v) is 23.8. The van der Waals surface area contributed by atoms with Crippen LogP contribution < -0.4 is 4.74 Å². The number of hydrogen-bond acceptors (Lipinski definition) is 4. The summed E-state index contributed by atoms with van der Waals surface area (Å²) in [7, 11) is 0. The van der Waals surface area contributed by atoms with Crippen molar-refractivity contribution in [1.82, 2.24) is 9.80 Å². The Morgan fingerprint density at radius 2 is 1.69 bits per heavy atom. The third-order valence-electron chi connectivity index (χ3n) is 8.60. The molecule has 2 heterocycles. The highest BCUT2D eigenvalue weighted by Gasteiger charge is 2.41. The minimum absolute atomic E-state index is 0.0620. The highest BCUT2D eigenvalue weighted by molar-refractivity contribution is 6.34. The van der Waals surface area contributed by atoms with E-state index in [4.69, 9.17) is 27.9 Å². The fourth-order valence-corrected chi connectivity index (χ4v) is 6.56. The lowest BCUT2D eigenvalue weighted by Crippen LogP contribution is -2.43. The number of rotatable bonds is 8. The first-order valence-corrected chi connectivity index (χ1v) is 14.6. The largest absolute Gasteiger partial charge is 0.493 e. The summed E-state index contributed by atoms with van der Waals surface area (Å²) >= 11 is 12.4. The molecule has 1 unspecified atom stereocenters. The summed E-state index contributed by atoms with van der Waals surface area (Å²) in [6, 6.07) is 7.86. The molecule has 2 saturated heterocycles. The molecule has 5 rings (SSSR count). The van der Waals surface area contributed by atoms with E-state index in [-0.39, 0.29) is 23.4 Å². The topological polar surface area (TPSA) is 70.1 Å².